The molecule has 1 aliphatic heterocycles. The largest absolute Gasteiger partial charge is 0.442 e. The molecular weight excluding hydrogens is 292 g/mol. The van der Waals surface area contributed by atoms with Gasteiger partial charge in [-0.3, -0.25) is 9.58 Å². The van der Waals surface area contributed by atoms with Crippen LogP contribution in [-0.2, 0) is 16.7 Å². The Labute approximate surface area is 133 Å². The number of anilines is 1. The summed E-state index contributed by atoms with van der Waals surface area (Å²) in [7, 11) is 0. The van der Waals surface area contributed by atoms with Gasteiger partial charge in [0.15, 0.2) is 0 Å². The highest BCUT2D eigenvalue weighted by Crippen LogP contribution is 2.47. The number of nitriles is 1. The molecule has 4 rings (SSSR count). The van der Waals surface area contributed by atoms with Gasteiger partial charge < -0.3 is 4.74 Å². The lowest BCUT2D eigenvalue weighted by Crippen LogP contribution is -2.26. The predicted octanol–water partition coefficient (Wildman–Crippen LogP) is 2.46. The normalized spacial score (nSPS) is 21.8. The second-order valence-corrected chi connectivity index (χ2v) is 6.09. The van der Waals surface area contributed by atoms with E-state index in [1.54, 1.807) is 15.8 Å². The Hall–Kier alpha value is -2.81. The average Bonchev–Trinajstić information content (AvgIpc) is 3.05. The molecule has 1 aromatic carbocycles. The Kier molecular flexibility index (Phi) is 3.08. The number of cyclic esters (lactones) is 1. The van der Waals surface area contributed by atoms with Crippen LogP contribution in [0.4, 0.5) is 10.5 Å². The Morgan fingerprint density at radius 1 is 1.35 bits per heavy atom. The molecule has 2 aliphatic rings. The number of benzene rings is 1. The molecule has 1 aromatic heterocycles. The van der Waals surface area contributed by atoms with Gasteiger partial charge in [0.1, 0.15) is 6.10 Å². The zero-order valence-corrected chi connectivity index (χ0v) is 12.6. The number of carbonyl (C=O) groups is 1. The van der Waals surface area contributed by atoms with Crippen molar-refractivity contribution in [2.75, 3.05) is 11.4 Å². The molecule has 0 unspecified atom stereocenters. The van der Waals surface area contributed by atoms with Crippen molar-refractivity contribution in [1.82, 2.24) is 9.78 Å². The third-order valence-electron chi connectivity index (χ3n) is 4.52. The van der Waals surface area contributed by atoms with Crippen LogP contribution in [0.15, 0.2) is 42.7 Å². The van der Waals surface area contributed by atoms with Gasteiger partial charge in [-0.05, 0) is 36.6 Å². The van der Waals surface area contributed by atoms with Crippen LogP contribution in [0, 0.1) is 11.3 Å². The van der Waals surface area contributed by atoms with Crippen molar-refractivity contribution in [3.63, 3.8) is 0 Å². The standard InChI is InChI=1S/C17H16N4O2/c18-12-17(6-7-17)13-2-4-14(5-3-13)21-11-15(23-16(21)22)10-20-9-1-8-19-20/h1-5,8-9,15H,6-7,10-11H2/t15-/m0/s1. The molecule has 1 saturated heterocycles. The third-order valence-corrected chi connectivity index (χ3v) is 4.52. The van der Waals surface area contributed by atoms with Crippen LogP contribution in [0.1, 0.15) is 18.4 Å². The van der Waals surface area contributed by atoms with Gasteiger partial charge in [0.05, 0.1) is 24.6 Å². The molecule has 1 aliphatic carbocycles. The molecule has 0 bridgehead atoms. The van der Waals surface area contributed by atoms with Gasteiger partial charge in [0.2, 0.25) is 0 Å². The molecule has 2 heterocycles. The summed E-state index contributed by atoms with van der Waals surface area (Å²) >= 11 is 0. The number of aromatic nitrogens is 2. The van der Waals surface area contributed by atoms with Gasteiger partial charge in [-0.25, -0.2) is 4.79 Å². The highest BCUT2D eigenvalue weighted by molar-refractivity contribution is 5.89. The lowest BCUT2D eigenvalue weighted by molar-refractivity contribution is 0.129. The molecule has 1 saturated carbocycles. The smallest absolute Gasteiger partial charge is 0.414 e. The van der Waals surface area contributed by atoms with Crippen molar-refractivity contribution in [1.29, 1.82) is 5.26 Å². The lowest BCUT2D eigenvalue weighted by Gasteiger charge is -2.14. The van der Waals surface area contributed by atoms with Crippen LogP contribution in [0.2, 0.25) is 0 Å². The highest BCUT2D eigenvalue weighted by atomic mass is 16.6. The van der Waals surface area contributed by atoms with Crippen LogP contribution in [0.5, 0.6) is 0 Å². The summed E-state index contributed by atoms with van der Waals surface area (Å²) in [6, 6.07) is 11.9. The summed E-state index contributed by atoms with van der Waals surface area (Å²) in [5, 5.41) is 13.4. The van der Waals surface area contributed by atoms with Gasteiger partial charge >= 0.3 is 6.09 Å². The zero-order chi connectivity index (χ0) is 15.9. The summed E-state index contributed by atoms with van der Waals surface area (Å²) < 4.78 is 7.16. The van der Waals surface area contributed by atoms with E-state index in [0.29, 0.717) is 13.1 Å². The van der Waals surface area contributed by atoms with E-state index in [-0.39, 0.29) is 17.6 Å². The molecular formula is C17H16N4O2. The van der Waals surface area contributed by atoms with Crippen LogP contribution < -0.4 is 4.90 Å². The fraction of sp³-hybridized carbons (Fsp3) is 0.353. The second kappa shape index (κ2) is 5.13. The first-order chi connectivity index (χ1) is 11.2. The Morgan fingerprint density at radius 3 is 2.74 bits per heavy atom. The number of rotatable bonds is 4. The van der Waals surface area contributed by atoms with Crippen molar-refractivity contribution in [2.24, 2.45) is 0 Å². The number of carbonyl (C=O) groups excluding carboxylic acids is 1. The van der Waals surface area contributed by atoms with Crippen molar-refractivity contribution >= 4 is 11.8 Å². The van der Waals surface area contributed by atoms with Crippen molar-refractivity contribution in [2.45, 2.75) is 30.9 Å². The van der Waals surface area contributed by atoms with Crippen LogP contribution in [0.25, 0.3) is 0 Å². The molecule has 1 amide bonds. The molecule has 2 fully saturated rings. The third kappa shape index (κ3) is 2.44. The summed E-state index contributed by atoms with van der Waals surface area (Å²) in [6.45, 7) is 1.05. The molecule has 116 valence electrons. The molecule has 23 heavy (non-hydrogen) atoms. The maximum absolute atomic E-state index is 12.1. The highest BCUT2D eigenvalue weighted by Gasteiger charge is 2.44. The molecule has 0 N–H and O–H groups in total. The minimum atomic E-state index is -0.337. The molecule has 0 radical (unpaired) electrons. The first-order valence-electron chi connectivity index (χ1n) is 7.68. The zero-order valence-electron chi connectivity index (χ0n) is 12.6. The van der Waals surface area contributed by atoms with E-state index in [4.69, 9.17) is 4.74 Å². The van der Waals surface area contributed by atoms with Gasteiger partial charge in [0.25, 0.3) is 0 Å². The quantitative estimate of drug-likeness (QED) is 0.870. The number of hydrogen-bond acceptors (Lipinski definition) is 4. The SMILES string of the molecule is N#CC1(c2ccc(N3C[C@H](Cn4cccn4)OC3=O)cc2)CC1. The molecule has 6 nitrogen and oxygen atoms in total. The van der Waals surface area contributed by atoms with E-state index in [1.807, 2.05) is 36.5 Å². The van der Waals surface area contributed by atoms with Crippen LogP contribution in [-0.4, -0.2) is 28.5 Å². The second-order valence-electron chi connectivity index (χ2n) is 6.09. The summed E-state index contributed by atoms with van der Waals surface area (Å²) in [6.07, 6.45) is 4.84. The number of ether oxygens (including phenoxy) is 1. The molecule has 2 aromatic rings. The first-order valence-corrected chi connectivity index (χ1v) is 7.68. The first kappa shape index (κ1) is 13.8. The van der Waals surface area contributed by atoms with Gasteiger partial charge in [-0.15, -0.1) is 0 Å². The Morgan fingerprint density at radius 2 is 2.13 bits per heavy atom. The topological polar surface area (TPSA) is 71.2 Å². The number of hydrogen-bond donors (Lipinski definition) is 0. The molecule has 1 atom stereocenters. The van der Waals surface area contributed by atoms with Gasteiger partial charge in [0, 0.05) is 18.1 Å². The summed E-state index contributed by atoms with van der Waals surface area (Å²) in [4.78, 5) is 13.7. The minimum absolute atomic E-state index is 0.212. The van der Waals surface area contributed by atoms with Gasteiger partial charge in [-0.1, -0.05) is 12.1 Å². The number of nitrogens with zero attached hydrogens (tertiary/aromatic N) is 4. The summed E-state index contributed by atoms with van der Waals surface area (Å²) in [5.41, 5.74) is 1.53. The van der Waals surface area contributed by atoms with E-state index in [9.17, 15) is 10.1 Å². The fourth-order valence-corrected chi connectivity index (χ4v) is 2.99. The molecule has 6 heteroatoms. The van der Waals surface area contributed by atoms with E-state index in [1.165, 1.54) is 0 Å². The van der Waals surface area contributed by atoms with Crippen LogP contribution >= 0.6 is 0 Å². The minimum Gasteiger partial charge on any atom is -0.442 e. The van der Waals surface area contributed by atoms with Gasteiger partial charge in [-0.2, -0.15) is 10.4 Å². The summed E-state index contributed by atoms with van der Waals surface area (Å²) in [5.74, 6) is 0. The monoisotopic (exact) mass is 308 g/mol. The van der Waals surface area contributed by atoms with Crippen molar-refractivity contribution in [3.8, 4) is 6.07 Å². The van der Waals surface area contributed by atoms with Crippen molar-refractivity contribution in [3.05, 3.63) is 48.3 Å². The number of amides is 1. The van der Waals surface area contributed by atoms with E-state index in [2.05, 4.69) is 11.2 Å². The lowest BCUT2D eigenvalue weighted by atomic mass is 9.97. The van der Waals surface area contributed by atoms with Crippen LogP contribution in [0.3, 0.4) is 0 Å². The Bertz CT molecular complexity index is 757. The maximum Gasteiger partial charge on any atom is 0.414 e. The van der Waals surface area contributed by atoms with Crippen molar-refractivity contribution < 1.29 is 9.53 Å². The fourth-order valence-electron chi connectivity index (χ4n) is 2.99. The average molecular weight is 308 g/mol. The molecule has 0 spiro atoms. The maximum atomic E-state index is 12.1. The predicted molar refractivity (Wildman–Crippen MR) is 82.8 cm³/mol. The van der Waals surface area contributed by atoms with E-state index in [0.717, 1.165) is 24.1 Å². The Balaban J connectivity index is 1.48. The van der Waals surface area contributed by atoms with E-state index < -0.39 is 0 Å². The van der Waals surface area contributed by atoms with E-state index >= 15 is 0 Å².